The zero-order valence-corrected chi connectivity index (χ0v) is 15.3. The number of nitrogens with zero attached hydrogens (tertiary/aromatic N) is 1. The molecule has 0 aliphatic rings. The quantitative estimate of drug-likeness (QED) is 0.582. The first-order valence-electron chi connectivity index (χ1n) is 7.64. The highest BCUT2D eigenvalue weighted by molar-refractivity contribution is 7.18. The van der Waals surface area contributed by atoms with Gasteiger partial charge in [0.2, 0.25) is 0 Å². The number of carbonyl (C=O) groups is 1. The van der Waals surface area contributed by atoms with Gasteiger partial charge in [-0.05, 0) is 31.2 Å². The minimum atomic E-state index is -0.498. The summed E-state index contributed by atoms with van der Waals surface area (Å²) in [4.78, 5) is 16.8. The molecule has 1 aromatic heterocycles. The minimum absolute atomic E-state index is 0.103. The van der Waals surface area contributed by atoms with E-state index in [0.717, 1.165) is 15.2 Å². The van der Waals surface area contributed by atoms with Gasteiger partial charge in [-0.15, -0.1) is 11.3 Å². The molecule has 130 valence electrons. The molecule has 0 atom stereocenters. The normalized spacial score (nSPS) is 10.7. The number of hydrogen-bond acceptors (Lipinski definition) is 6. The Morgan fingerprint density at radius 1 is 1.28 bits per heavy atom. The number of methoxy groups -OCH3 is 1. The molecule has 1 heterocycles. The van der Waals surface area contributed by atoms with Crippen LogP contribution in [0.2, 0.25) is 5.02 Å². The van der Waals surface area contributed by atoms with E-state index in [0.29, 0.717) is 28.7 Å². The minimum Gasteiger partial charge on any atom is -0.493 e. The molecule has 0 unspecified atom stereocenters. The fourth-order valence-electron chi connectivity index (χ4n) is 2.31. The van der Waals surface area contributed by atoms with Gasteiger partial charge in [-0.1, -0.05) is 23.7 Å². The number of fused-ring (bicyclic) bond motifs is 1. The molecule has 25 heavy (non-hydrogen) atoms. The number of aromatic nitrogens is 1. The second-order valence-corrected chi connectivity index (χ2v) is 6.60. The molecule has 2 aromatic carbocycles. The van der Waals surface area contributed by atoms with Crippen LogP contribution in [0.5, 0.6) is 11.5 Å². The second-order valence-electron chi connectivity index (χ2n) is 5.07. The number of esters is 1. The Morgan fingerprint density at radius 2 is 2.08 bits per heavy atom. The lowest BCUT2D eigenvalue weighted by atomic mass is 10.2. The third kappa shape index (κ3) is 3.86. The molecule has 0 fully saturated rings. The number of ether oxygens (including phenoxy) is 3. The lowest BCUT2D eigenvalue weighted by Gasteiger charge is -2.12. The Morgan fingerprint density at radius 3 is 2.80 bits per heavy atom. The van der Waals surface area contributed by atoms with Crippen LogP contribution in [0.25, 0.3) is 10.2 Å². The van der Waals surface area contributed by atoms with Gasteiger partial charge in [0.15, 0.2) is 11.5 Å². The van der Waals surface area contributed by atoms with Gasteiger partial charge < -0.3 is 14.2 Å². The number of halogens is 1. The van der Waals surface area contributed by atoms with Crippen molar-refractivity contribution in [1.29, 1.82) is 0 Å². The summed E-state index contributed by atoms with van der Waals surface area (Å²) >= 11 is 7.68. The zero-order chi connectivity index (χ0) is 17.8. The van der Waals surface area contributed by atoms with E-state index in [2.05, 4.69) is 4.98 Å². The maximum Gasteiger partial charge on any atom is 0.338 e. The Bertz CT molecular complexity index is 876. The number of hydrogen-bond donors (Lipinski definition) is 0. The van der Waals surface area contributed by atoms with Crippen LogP contribution in [-0.4, -0.2) is 24.7 Å². The van der Waals surface area contributed by atoms with E-state index in [1.54, 1.807) is 6.07 Å². The van der Waals surface area contributed by atoms with Crippen LogP contribution < -0.4 is 9.47 Å². The van der Waals surface area contributed by atoms with Gasteiger partial charge in [-0.3, -0.25) is 0 Å². The third-order valence-corrected chi connectivity index (χ3v) is 4.71. The molecule has 0 bridgehead atoms. The number of rotatable bonds is 6. The monoisotopic (exact) mass is 377 g/mol. The summed E-state index contributed by atoms with van der Waals surface area (Å²) in [5, 5.41) is 1.03. The van der Waals surface area contributed by atoms with Gasteiger partial charge in [0.05, 0.1) is 34.5 Å². The van der Waals surface area contributed by atoms with Gasteiger partial charge in [-0.25, -0.2) is 9.78 Å². The maximum atomic E-state index is 12.3. The first kappa shape index (κ1) is 17.5. The highest BCUT2D eigenvalue weighted by Crippen LogP contribution is 2.36. The van der Waals surface area contributed by atoms with Crippen molar-refractivity contribution in [2.75, 3.05) is 13.7 Å². The largest absolute Gasteiger partial charge is 0.493 e. The highest BCUT2D eigenvalue weighted by Gasteiger charge is 2.17. The summed E-state index contributed by atoms with van der Waals surface area (Å²) in [5.41, 5.74) is 1.19. The average molecular weight is 378 g/mol. The van der Waals surface area contributed by atoms with E-state index >= 15 is 0 Å². The van der Waals surface area contributed by atoms with Crippen molar-refractivity contribution in [3.05, 3.63) is 52.0 Å². The Kier molecular flexibility index (Phi) is 5.40. The number of para-hydroxylation sites is 1. The first-order chi connectivity index (χ1) is 12.1. The van der Waals surface area contributed by atoms with Gasteiger partial charge in [0, 0.05) is 0 Å². The standard InChI is InChI=1S/C18H16ClNO4S/c1-3-23-17-12(19)8-11(9-14(17)22-2)18(21)24-10-16-20-13-6-4-5-7-15(13)25-16/h4-9H,3,10H2,1-2H3. The maximum absolute atomic E-state index is 12.3. The molecule has 3 rings (SSSR count). The lowest BCUT2D eigenvalue weighted by Crippen LogP contribution is -2.06. The molecule has 7 heteroatoms. The van der Waals surface area contributed by atoms with Crippen LogP contribution in [0.3, 0.4) is 0 Å². The number of thiazole rings is 1. The Hall–Kier alpha value is -2.31. The molecule has 3 aromatic rings. The molecule has 0 spiro atoms. The fourth-order valence-corrected chi connectivity index (χ4v) is 3.46. The number of benzene rings is 2. The van der Waals surface area contributed by atoms with E-state index in [4.69, 9.17) is 25.8 Å². The van der Waals surface area contributed by atoms with Crippen molar-refractivity contribution in [1.82, 2.24) is 4.98 Å². The van der Waals surface area contributed by atoms with Crippen molar-refractivity contribution < 1.29 is 19.0 Å². The fraction of sp³-hybridized carbons (Fsp3) is 0.222. The van der Waals surface area contributed by atoms with E-state index < -0.39 is 5.97 Å². The molecular weight excluding hydrogens is 362 g/mol. The molecule has 0 radical (unpaired) electrons. The van der Waals surface area contributed by atoms with Crippen molar-refractivity contribution in [3.8, 4) is 11.5 Å². The van der Waals surface area contributed by atoms with Gasteiger partial charge >= 0.3 is 5.97 Å². The van der Waals surface area contributed by atoms with Crippen molar-refractivity contribution in [3.63, 3.8) is 0 Å². The summed E-state index contributed by atoms with van der Waals surface area (Å²) in [6.45, 7) is 2.39. The molecular formula is C18H16ClNO4S. The second kappa shape index (κ2) is 7.72. The Labute approximate surface area is 154 Å². The van der Waals surface area contributed by atoms with Gasteiger partial charge in [-0.2, -0.15) is 0 Å². The molecule has 0 aliphatic carbocycles. The van der Waals surface area contributed by atoms with Gasteiger partial charge in [0.1, 0.15) is 11.6 Å². The smallest absolute Gasteiger partial charge is 0.338 e. The summed E-state index contributed by atoms with van der Waals surface area (Å²) in [7, 11) is 1.49. The number of carbonyl (C=O) groups excluding carboxylic acids is 1. The molecule has 0 aliphatic heterocycles. The predicted octanol–water partition coefficient (Wildman–Crippen LogP) is 4.71. The average Bonchev–Trinajstić information content (AvgIpc) is 3.04. The summed E-state index contributed by atoms with van der Waals surface area (Å²) in [6, 6.07) is 10.8. The molecule has 0 amide bonds. The first-order valence-corrected chi connectivity index (χ1v) is 8.83. The Balaban J connectivity index is 1.75. The van der Waals surface area contributed by atoms with Crippen LogP contribution in [-0.2, 0) is 11.3 Å². The van der Waals surface area contributed by atoms with Crippen LogP contribution in [0.1, 0.15) is 22.3 Å². The molecule has 0 saturated carbocycles. The predicted molar refractivity (Wildman–Crippen MR) is 97.9 cm³/mol. The van der Waals surface area contributed by atoms with Crippen molar-refractivity contribution in [2.45, 2.75) is 13.5 Å². The summed E-state index contributed by atoms with van der Waals surface area (Å²) in [5.74, 6) is 0.304. The van der Waals surface area contributed by atoms with Crippen LogP contribution in [0, 0.1) is 0 Å². The molecule has 0 saturated heterocycles. The highest BCUT2D eigenvalue weighted by atomic mass is 35.5. The van der Waals surface area contributed by atoms with Gasteiger partial charge in [0.25, 0.3) is 0 Å². The third-order valence-electron chi connectivity index (χ3n) is 3.42. The van der Waals surface area contributed by atoms with Crippen molar-refractivity contribution >= 4 is 39.1 Å². The topological polar surface area (TPSA) is 57.7 Å². The molecule has 5 nitrogen and oxygen atoms in total. The summed E-state index contributed by atoms with van der Waals surface area (Å²) < 4.78 is 17.1. The van der Waals surface area contributed by atoms with Crippen LogP contribution >= 0.6 is 22.9 Å². The SMILES string of the molecule is CCOc1c(Cl)cc(C(=O)OCc2nc3ccccc3s2)cc1OC. The van der Waals surface area contributed by atoms with Crippen LogP contribution in [0.4, 0.5) is 0 Å². The van der Waals surface area contributed by atoms with E-state index in [-0.39, 0.29) is 6.61 Å². The van der Waals surface area contributed by atoms with E-state index in [9.17, 15) is 4.79 Å². The summed E-state index contributed by atoms with van der Waals surface area (Å²) in [6.07, 6.45) is 0. The lowest BCUT2D eigenvalue weighted by molar-refractivity contribution is 0.0472. The van der Waals surface area contributed by atoms with Crippen LogP contribution in [0.15, 0.2) is 36.4 Å². The zero-order valence-electron chi connectivity index (χ0n) is 13.7. The van der Waals surface area contributed by atoms with E-state index in [1.807, 2.05) is 31.2 Å². The van der Waals surface area contributed by atoms with E-state index in [1.165, 1.54) is 24.5 Å². The molecule has 0 N–H and O–H groups in total. The van der Waals surface area contributed by atoms with Crippen molar-refractivity contribution in [2.24, 2.45) is 0 Å².